The molecule has 39 heavy (non-hydrogen) atoms. The van der Waals surface area contributed by atoms with Gasteiger partial charge in [0.05, 0.1) is 46.7 Å². The van der Waals surface area contributed by atoms with Crippen molar-refractivity contribution in [3.05, 3.63) is 78.2 Å². The minimum absolute atomic E-state index is 0.169. The molecule has 2 aromatic carbocycles. The Balaban J connectivity index is 1.45. The third kappa shape index (κ3) is 4.83. The highest BCUT2D eigenvalue weighted by Crippen LogP contribution is 2.36. The van der Waals surface area contributed by atoms with Gasteiger partial charge in [0.15, 0.2) is 5.65 Å². The third-order valence-electron chi connectivity index (χ3n) is 7.27. The van der Waals surface area contributed by atoms with Crippen molar-refractivity contribution in [1.29, 1.82) is 5.26 Å². The summed E-state index contributed by atoms with van der Waals surface area (Å²) in [6.45, 7) is 9.25. The van der Waals surface area contributed by atoms with E-state index in [2.05, 4.69) is 42.3 Å². The van der Waals surface area contributed by atoms with E-state index in [0.29, 0.717) is 12.1 Å². The van der Waals surface area contributed by atoms with Crippen LogP contribution in [0.2, 0.25) is 0 Å². The molecule has 8 heteroatoms. The van der Waals surface area contributed by atoms with Crippen molar-refractivity contribution in [2.45, 2.75) is 19.8 Å². The molecule has 1 fully saturated rings. The lowest BCUT2D eigenvalue weighted by molar-refractivity contribution is 0.0398. The van der Waals surface area contributed by atoms with Crippen molar-refractivity contribution < 1.29 is 4.74 Å². The summed E-state index contributed by atoms with van der Waals surface area (Å²) in [5, 5.41) is 20.7. The molecule has 1 saturated heterocycles. The van der Waals surface area contributed by atoms with Crippen LogP contribution in [0.25, 0.3) is 38.8 Å². The van der Waals surface area contributed by atoms with E-state index in [9.17, 15) is 5.26 Å². The number of hydrogen-bond acceptors (Lipinski definition) is 7. The number of rotatable bonds is 7. The fourth-order valence-electron chi connectivity index (χ4n) is 5.26. The minimum atomic E-state index is 0.169. The Morgan fingerprint density at radius 3 is 2.72 bits per heavy atom. The highest BCUT2D eigenvalue weighted by molar-refractivity contribution is 5.98. The van der Waals surface area contributed by atoms with Crippen LogP contribution in [-0.2, 0) is 4.74 Å². The Labute approximate surface area is 227 Å². The lowest BCUT2D eigenvalue weighted by Gasteiger charge is -2.27. The van der Waals surface area contributed by atoms with Gasteiger partial charge in [-0.25, -0.2) is 9.67 Å². The third-order valence-corrected chi connectivity index (χ3v) is 7.27. The number of pyridine rings is 2. The average molecular weight is 518 g/mol. The monoisotopic (exact) mass is 517 g/mol. The molecule has 0 unspecified atom stereocenters. The summed E-state index contributed by atoms with van der Waals surface area (Å²) in [5.74, 6) is 0.169. The van der Waals surface area contributed by atoms with Gasteiger partial charge in [-0.15, -0.1) is 0 Å². The zero-order chi connectivity index (χ0) is 26.8. The standard InChI is InChI=1S/C31H31N7O/c1-21(2)29-28-25(24-18-22-6-3-4-8-26(22)35-20-24)10-11-34-31(28)38(36-29)27-9-5-7-23(19-32)30(27)33-12-13-37-14-16-39-17-15-37/h3-11,18,20-21,33H,12-17H2,1-2H3. The molecule has 3 aromatic heterocycles. The van der Waals surface area contributed by atoms with E-state index >= 15 is 0 Å². The van der Waals surface area contributed by atoms with E-state index in [4.69, 9.17) is 19.8 Å². The molecule has 1 aliphatic rings. The number of nitrogens with zero attached hydrogens (tertiary/aromatic N) is 6. The molecule has 0 aliphatic carbocycles. The summed E-state index contributed by atoms with van der Waals surface area (Å²) in [6.07, 6.45) is 3.75. The van der Waals surface area contributed by atoms with Crippen molar-refractivity contribution in [3.8, 4) is 22.9 Å². The van der Waals surface area contributed by atoms with Crippen LogP contribution in [0.4, 0.5) is 5.69 Å². The van der Waals surface area contributed by atoms with E-state index in [0.717, 1.165) is 83.0 Å². The van der Waals surface area contributed by atoms with Gasteiger partial charge in [0.2, 0.25) is 0 Å². The molecular weight excluding hydrogens is 486 g/mol. The van der Waals surface area contributed by atoms with E-state index in [1.54, 1.807) is 0 Å². The summed E-state index contributed by atoms with van der Waals surface area (Å²) in [7, 11) is 0. The molecular formula is C31H31N7O. The molecule has 0 spiro atoms. The first kappa shape index (κ1) is 25.0. The molecule has 6 rings (SSSR count). The molecule has 5 aromatic rings. The lowest BCUT2D eigenvalue weighted by atomic mass is 9.98. The zero-order valence-electron chi connectivity index (χ0n) is 22.3. The minimum Gasteiger partial charge on any atom is -0.381 e. The van der Waals surface area contributed by atoms with E-state index in [1.807, 2.05) is 59.5 Å². The molecule has 0 saturated carbocycles. The van der Waals surface area contributed by atoms with Crippen LogP contribution in [0.1, 0.15) is 31.0 Å². The molecule has 8 nitrogen and oxygen atoms in total. The predicted molar refractivity (Wildman–Crippen MR) is 154 cm³/mol. The smallest absolute Gasteiger partial charge is 0.163 e. The van der Waals surface area contributed by atoms with Crippen LogP contribution in [0.5, 0.6) is 0 Å². The van der Waals surface area contributed by atoms with Crippen molar-refractivity contribution in [2.24, 2.45) is 0 Å². The van der Waals surface area contributed by atoms with Gasteiger partial charge in [0.25, 0.3) is 0 Å². The van der Waals surface area contributed by atoms with Gasteiger partial charge in [-0.3, -0.25) is 9.88 Å². The summed E-state index contributed by atoms with van der Waals surface area (Å²) < 4.78 is 7.36. The maximum Gasteiger partial charge on any atom is 0.163 e. The van der Waals surface area contributed by atoms with Crippen LogP contribution < -0.4 is 5.32 Å². The quantitative estimate of drug-likeness (QED) is 0.310. The van der Waals surface area contributed by atoms with Crippen LogP contribution in [-0.4, -0.2) is 64.0 Å². The van der Waals surface area contributed by atoms with E-state index in [-0.39, 0.29) is 5.92 Å². The van der Waals surface area contributed by atoms with Gasteiger partial charge in [0.1, 0.15) is 6.07 Å². The van der Waals surface area contributed by atoms with Crippen molar-refractivity contribution in [1.82, 2.24) is 24.6 Å². The van der Waals surface area contributed by atoms with Crippen LogP contribution >= 0.6 is 0 Å². The highest BCUT2D eigenvalue weighted by Gasteiger charge is 2.22. The molecule has 0 amide bonds. The molecule has 0 atom stereocenters. The molecule has 196 valence electrons. The van der Waals surface area contributed by atoms with Gasteiger partial charge in [-0.05, 0) is 41.8 Å². The normalized spacial score (nSPS) is 14.2. The molecule has 0 bridgehead atoms. The Hall–Kier alpha value is -4.32. The summed E-state index contributed by atoms with van der Waals surface area (Å²) >= 11 is 0. The summed E-state index contributed by atoms with van der Waals surface area (Å²) in [5.41, 5.74) is 6.93. The lowest BCUT2D eigenvalue weighted by Crippen LogP contribution is -2.39. The Morgan fingerprint density at radius 1 is 1.05 bits per heavy atom. The maximum atomic E-state index is 9.95. The fourth-order valence-corrected chi connectivity index (χ4v) is 5.26. The number of anilines is 1. The van der Waals surface area contributed by atoms with Gasteiger partial charge in [0, 0.05) is 49.5 Å². The van der Waals surface area contributed by atoms with Gasteiger partial charge >= 0.3 is 0 Å². The van der Waals surface area contributed by atoms with Gasteiger partial charge < -0.3 is 10.1 Å². The Bertz CT molecular complexity index is 1680. The van der Waals surface area contributed by atoms with Crippen molar-refractivity contribution in [2.75, 3.05) is 44.7 Å². The first-order valence-corrected chi connectivity index (χ1v) is 13.4. The number of ether oxygens (including phenoxy) is 1. The van der Waals surface area contributed by atoms with E-state index < -0.39 is 0 Å². The second kappa shape index (κ2) is 10.8. The first-order chi connectivity index (χ1) is 19.1. The van der Waals surface area contributed by atoms with Crippen LogP contribution in [0, 0.1) is 11.3 Å². The number of nitrogens with one attached hydrogen (secondary N) is 1. The predicted octanol–water partition coefficient (Wildman–Crippen LogP) is 5.37. The SMILES string of the molecule is CC(C)c1nn(-c2cccc(C#N)c2NCCN2CCOCC2)c2nccc(-c3cnc4ccccc4c3)c12. The number of fused-ring (bicyclic) bond motifs is 2. The average Bonchev–Trinajstić information content (AvgIpc) is 3.38. The number of para-hydroxylation sites is 2. The number of nitriles is 1. The largest absolute Gasteiger partial charge is 0.381 e. The number of hydrogen-bond donors (Lipinski definition) is 1. The molecule has 4 heterocycles. The topological polar surface area (TPSA) is 91.9 Å². The van der Waals surface area contributed by atoms with Gasteiger partial charge in [-0.1, -0.05) is 38.1 Å². The van der Waals surface area contributed by atoms with E-state index in [1.165, 1.54) is 0 Å². The number of benzene rings is 2. The van der Waals surface area contributed by atoms with Crippen LogP contribution in [0.3, 0.4) is 0 Å². The summed E-state index contributed by atoms with van der Waals surface area (Å²) in [6, 6.07) is 20.5. The number of morpholine rings is 1. The first-order valence-electron chi connectivity index (χ1n) is 13.4. The second-order valence-corrected chi connectivity index (χ2v) is 10.1. The van der Waals surface area contributed by atoms with Crippen molar-refractivity contribution in [3.63, 3.8) is 0 Å². The number of aromatic nitrogens is 4. The van der Waals surface area contributed by atoms with Crippen molar-refractivity contribution >= 4 is 27.6 Å². The fraction of sp³-hybridized carbons (Fsp3) is 0.290. The van der Waals surface area contributed by atoms with Gasteiger partial charge in [-0.2, -0.15) is 10.4 Å². The Kier molecular flexibility index (Phi) is 6.93. The van der Waals surface area contributed by atoms with Crippen LogP contribution in [0.15, 0.2) is 67.0 Å². The Morgan fingerprint density at radius 2 is 1.90 bits per heavy atom. The maximum absolute atomic E-state index is 9.95. The molecule has 0 radical (unpaired) electrons. The summed E-state index contributed by atoms with van der Waals surface area (Å²) in [4.78, 5) is 11.9. The second-order valence-electron chi connectivity index (χ2n) is 10.1. The molecule has 1 N–H and O–H groups in total. The molecule has 1 aliphatic heterocycles. The zero-order valence-corrected chi connectivity index (χ0v) is 22.3. The highest BCUT2D eigenvalue weighted by atomic mass is 16.5.